The van der Waals surface area contributed by atoms with Gasteiger partial charge in [-0.15, -0.1) is 0 Å². The third-order valence-electron chi connectivity index (χ3n) is 4.61. The van der Waals surface area contributed by atoms with Crippen molar-refractivity contribution in [2.24, 2.45) is 0 Å². The Morgan fingerprint density at radius 2 is 2.08 bits per heavy atom. The molecule has 4 heterocycles. The van der Waals surface area contributed by atoms with Gasteiger partial charge in [0.15, 0.2) is 5.69 Å². The second kappa shape index (κ2) is 6.41. The number of rotatable bonds is 2. The van der Waals surface area contributed by atoms with E-state index < -0.39 is 0 Å². The molecule has 0 saturated carbocycles. The maximum Gasteiger partial charge on any atom is 0.274 e. The van der Waals surface area contributed by atoms with Crippen molar-refractivity contribution in [3.63, 3.8) is 0 Å². The highest BCUT2D eigenvalue weighted by atomic mass is 35.5. The van der Waals surface area contributed by atoms with Crippen molar-refractivity contribution in [1.82, 2.24) is 25.4 Å². The van der Waals surface area contributed by atoms with Crippen LogP contribution in [0.4, 0.5) is 5.82 Å². The number of halogens is 1. The van der Waals surface area contributed by atoms with Crippen LogP contribution in [0, 0.1) is 0 Å². The number of hydrogen-bond donors (Lipinski definition) is 2. The molecule has 1 fully saturated rings. The predicted molar refractivity (Wildman–Crippen MR) is 91.4 cm³/mol. The van der Waals surface area contributed by atoms with E-state index in [1.165, 1.54) is 0 Å². The lowest BCUT2D eigenvalue weighted by Crippen LogP contribution is -2.49. The minimum Gasteiger partial charge on any atom is -0.352 e. The quantitative estimate of drug-likeness (QED) is 0.850. The Bertz CT molecular complexity index is 753. The molecule has 2 aliphatic rings. The van der Waals surface area contributed by atoms with E-state index in [-0.39, 0.29) is 5.91 Å². The Morgan fingerprint density at radius 1 is 1.25 bits per heavy atom. The highest BCUT2D eigenvalue weighted by Crippen LogP contribution is 2.24. The molecule has 0 unspecified atom stereocenters. The molecule has 2 aliphatic heterocycles. The van der Waals surface area contributed by atoms with E-state index in [4.69, 9.17) is 11.6 Å². The first-order valence-corrected chi connectivity index (χ1v) is 8.53. The lowest BCUT2D eigenvalue weighted by Gasteiger charge is -2.35. The maximum atomic E-state index is 12.8. The van der Waals surface area contributed by atoms with Crippen LogP contribution in [0.3, 0.4) is 0 Å². The second-order valence-corrected chi connectivity index (χ2v) is 6.45. The number of hydrogen-bond acceptors (Lipinski definition) is 5. The number of piperazine rings is 1. The summed E-state index contributed by atoms with van der Waals surface area (Å²) in [6, 6.07) is 3.66. The summed E-state index contributed by atoms with van der Waals surface area (Å²) in [4.78, 5) is 21.1. The van der Waals surface area contributed by atoms with Crippen LogP contribution in [0.25, 0.3) is 0 Å². The molecule has 1 saturated heterocycles. The molecule has 2 aromatic rings. The molecule has 0 aliphatic carbocycles. The van der Waals surface area contributed by atoms with Gasteiger partial charge in [-0.3, -0.25) is 9.89 Å². The fourth-order valence-electron chi connectivity index (χ4n) is 3.28. The van der Waals surface area contributed by atoms with Gasteiger partial charge in [0.1, 0.15) is 5.82 Å². The van der Waals surface area contributed by atoms with Gasteiger partial charge in [0.25, 0.3) is 5.91 Å². The largest absolute Gasteiger partial charge is 0.352 e. The van der Waals surface area contributed by atoms with Crippen molar-refractivity contribution in [3.05, 3.63) is 40.3 Å². The van der Waals surface area contributed by atoms with Crippen LogP contribution in [0.2, 0.25) is 5.02 Å². The summed E-state index contributed by atoms with van der Waals surface area (Å²) in [7, 11) is 0. The standard InChI is InChI=1S/C16H19ClN6O/c17-12-2-1-4-19-15(12)22-6-8-23(9-7-22)16(24)14-11-10-18-5-3-13(11)20-21-14/h1-2,4,18H,3,5-10H2,(H,20,21). The minimum atomic E-state index is 0.00275. The molecule has 4 rings (SSSR count). The number of aromatic nitrogens is 3. The number of carbonyl (C=O) groups excluding carboxylic acids is 1. The smallest absolute Gasteiger partial charge is 0.274 e. The van der Waals surface area contributed by atoms with Crippen LogP contribution >= 0.6 is 11.6 Å². The number of H-pyrrole nitrogens is 1. The first-order valence-electron chi connectivity index (χ1n) is 8.15. The number of amides is 1. The highest BCUT2D eigenvalue weighted by Gasteiger charge is 2.28. The fraction of sp³-hybridized carbons (Fsp3) is 0.438. The molecular weight excluding hydrogens is 328 g/mol. The number of anilines is 1. The van der Waals surface area contributed by atoms with Crippen LogP contribution < -0.4 is 10.2 Å². The third-order valence-corrected chi connectivity index (χ3v) is 4.91. The fourth-order valence-corrected chi connectivity index (χ4v) is 3.52. The van der Waals surface area contributed by atoms with E-state index in [1.807, 2.05) is 17.0 Å². The molecule has 2 N–H and O–H groups in total. The SMILES string of the molecule is O=C(c1n[nH]c2c1CNCC2)N1CCN(c2ncccc2Cl)CC1. The minimum absolute atomic E-state index is 0.00275. The second-order valence-electron chi connectivity index (χ2n) is 6.04. The van der Waals surface area contributed by atoms with Crippen LogP contribution in [0.5, 0.6) is 0 Å². The normalized spacial score (nSPS) is 17.7. The maximum absolute atomic E-state index is 12.8. The van der Waals surface area contributed by atoms with Crippen molar-refractivity contribution in [2.45, 2.75) is 13.0 Å². The predicted octanol–water partition coefficient (Wildman–Crippen LogP) is 1.07. The van der Waals surface area contributed by atoms with Gasteiger partial charge in [-0.2, -0.15) is 5.10 Å². The van der Waals surface area contributed by atoms with Crippen molar-refractivity contribution in [2.75, 3.05) is 37.6 Å². The number of aromatic amines is 1. The van der Waals surface area contributed by atoms with E-state index in [9.17, 15) is 4.79 Å². The molecule has 0 radical (unpaired) electrons. The number of carbonyl (C=O) groups is 1. The van der Waals surface area contributed by atoms with E-state index in [0.717, 1.165) is 30.0 Å². The number of pyridine rings is 1. The molecule has 126 valence electrons. The van der Waals surface area contributed by atoms with Gasteiger partial charge in [0.05, 0.1) is 5.02 Å². The zero-order valence-corrected chi connectivity index (χ0v) is 14.0. The Labute approximate surface area is 145 Å². The third kappa shape index (κ3) is 2.74. The van der Waals surface area contributed by atoms with Crippen molar-refractivity contribution in [3.8, 4) is 0 Å². The number of nitrogens with zero attached hydrogens (tertiary/aromatic N) is 4. The molecule has 0 bridgehead atoms. The van der Waals surface area contributed by atoms with Gasteiger partial charge < -0.3 is 15.1 Å². The van der Waals surface area contributed by atoms with Gasteiger partial charge in [0, 0.05) is 63.1 Å². The summed E-state index contributed by atoms with van der Waals surface area (Å²) in [5.41, 5.74) is 2.65. The Morgan fingerprint density at radius 3 is 2.88 bits per heavy atom. The molecule has 2 aromatic heterocycles. The van der Waals surface area contributed by atoms with Gasteiger partial charge in [-0.1, -0.05) is 11.6 Å². The topological polar surface area (TPSA) is 77.2 Å². The zero-order chi connectivity index (χ0) is 16.5. The van der Waals surface area contributed by atoms with Crippen molar-refractivity contribution >= 4 is 23.3 Å². The van der Waals surface area contributed by atoms with Crippen LogP contribution in [-0.2, 0) is 13.0 Å². The van der Waals surface area contributed by atoms with E-state index >= 15 is 0 Å². The molecule has 1 amide bonds. The molecule has 0 spiro atoms. The number of fused-ring (bicyclic) bond motifs is 1. The van der Waals surface area contributed by atoms with E-state index in [1.54, 1.807) is 6.20 Å². The van der Waals surface area contributed by atoms with Crippen molar-refractivity contribution < 1.29 is 4.79 Å². The summed E-state index contributed by atoms with van der Waals surface area (Å²) in [5.74, 6) is 0.788. The number of nitrogens with one attached hydrogen (secondary N) is 2. The van der Waals surface area contributed by atoms with E-state index in [2.05, 4.69) is 25.4 Å². The van der Waals surface area contributed by atoms with Gasteiger partial charge in [-0.05, 0) is 12.1 Å². The van der Waals surface area contributed by atoms with Crippen LogP contribution in [-0.4, -0.2) is 58.7 Å². The lowest BCUT2D eigenvalue weighted by molar-refractivity contribution is 0.0739. The average molecular weight is 347 g/mol. The van der Waals surface area contributed by atoms with Crippen molar-refractivity contribution in [1.29, 1.82) is 0 Å². The lowest BCUT2D eigenvalue weighted by atomic mass is 10.1. The zero-order valence-electron chi connectivity index (χ0n) is 13.3. The Kier molecular flexibility index (Phi) is 4.12. The first kappa shape index (κ1) is 15.4. The summed E-state index contributed by atoms with van der Waals surface area (Å²) in [6.07, 6.45) is 2.63. The van der Waals surface area contributed by atoms with Crippen LogP contribution in [0.1, 0.15) is 21.7 Å². The average Bonchev–Trinajstić information content (AvgIpc) is 3.06. The molecular formula is C16H19ClN6O. The summed E-state index contributed by atoms with van der Waals surface area (Å²) >= 11 is 6.21. The molecule has 7 nitrogen and oxygen atoms in total. The summed E-state index contributed by atoms with van der Waals surface area (Å²) in [5, 5.41) is 11.2. The highest BCUT2D eigenvalue weighted by molar-refractivity contribution is 6.32. The molecule has 24 heavy (non-hydrogen) atoms. The molecule has 0 atom stereocenters. The monoisotopic (exact) mass is 346 g/mol. The van der Waals surface area contributed by atoms with Gasteiger partial charge in [-0.25, -0.2) is 4.98 Å². The first-order chi connectivity index (χ1) is 11.7. The molecule has 8 heteroatoms. The van der Waals surface area contributed by atoms with E-state index in [0.29, 0.717) is 43.4 Å². The van der Waals surface area contributed by atoms with Crippen LogP contribution in [0.15, 0.2) is 18.3 Å². The summed E-state index contributed by atoms with van der Waals surface area (Å²) < 4.78 is 0. The molecule has 0 aromatic carbocycles. The Hall–Kier alpha value is -2.12. The van der Waals surface area contributed by atoms with Gasteiger partial charge in [0.2, 0.25) is 0 Å². The Balaban J connectivity index is 1.45. The summed E-state index contributed by atoms with van der Waals surface area (Å²) in [6.45, 7) is 4.34. The van der Waals surface area contributed by atoms with Gasteiger partial charge >= 0.3 is 0 Å².